The van der Waals surface area contributed by atoms with E-state index in [1.165, 1.54) is 0 Å². The molecule has 3 nitrogen and oxygen atoms in total. The van der Waals surface area contributed by atoms with Crippen molar-refractivity contribution in [3.63, 3.8) is 0 Å². The van der Waals surface area contributed by atoms with Crippen molar-refractivity contribution < 1.29 is 9.53 Å². The Hall–Kier alpha value is -2.00. The highest BCUT2D eigenvalue weighted by molar-refractivity contribution is 6.33. The molecule has 2 aromatic carbocycles. The molecule has 4 heteroatoms. The van der Waals surface area contributed by atoms with Crippen molar-refractivity contribution in [3.8, 4) is 0 Å². The molecule has 0 bridgehead atoms. The molecule has 0 spiro atoms. The number of fused-ring (bicyclic) bond motifs is 1. The van der Waals surface area contributed by atoms with Gasteiger partial charge in [0, 0.05) is 5.56 Å². The van der Waals surface area contributed by atoms with Crippen LogP contribution in [0.3, 0.4) is 0 Å². The minimum Gasteiger partial charge on any atom is -0.434 e. The van der Waals surface area contributed by atoms with Crippen molar-refractivity contribution in [2.24, 2.45) is 0 Å². The van der Waals surface area contributed by atoms with Gasteiger partial charge in [0.2, 0.25) is 6.23 Å². The molecule has 1 N–H and O–H groups in total. The van der Waals surface area contributed by atoms with Gasteiger partial charge in [-0.3, -0.25) is 0 Å². The van der Waals surface area contributed by atoms with Crippen LogP contribution < -0.4 is 5.32 Å². The van der Waals surface area contributed by atoms with Gasteiger partial charge in [0.1, 0.15) is 0 Å². The highest BCUT2D eigenvalue weighted by atomic mass is 35.5. The molecule has 0 fully saturated rings. The second-order valence-corrected chi connectivity index (χ2v) is 4.40. The molecule has 90 valence electrons. The summed E-state index contributed by atoms with van der Waals surface area (Å²) in [4.78, 5) is 11.7. The molecular weight excluding hydrogens is 250 g/mol. The molecule has 3 rings (SSSR count). The summed E-state index contributed by atoms with van der Waals surface area (Å²) in [6.45, 7) is 0. The number of esters is 1. The Balaban J connectivity index is 1.92. The van der Waals surface area contributed by atoms with Crippen LogP contribution in [-0.2, 0) is 4.74 Å². The summed E-state index contributed by atoms with van der Waals surface area (Å²) in [5, 5.41) is 3.72. The van der Waals surface area contributed by atoms with E-state index in [0.29, 0.717) is 10.6 Å². The molecule has 0 radical (unpaired) electrons. The zero-order valence-electron chi connectivity index (χ0n) is 9.39. The summed E-state index contributed by atoms with van der Waals surface area (Å²) < 4.78 is 5.28. The first kappa shape index (κ1) is 11.1. The van der Waals surface area contributed by atoms with E-state index in [1.807, 2.05) is 36.4 Å². The van der Waals surface area contributed by atoms with Gasteiger partial charge in [-0.05, 0) is 18.2 Å². The maximum absolute atomic E-state index is 11.7. The smallest absolute Gasteiger partial charge is 0.340 e. The zero-order valence-corrected chi connectivity index (χ0v) is 10.1. The number of ether oxygens (including phenoxy) is 1. The minimum atomic E-state index is -0.478. The van der Waals surface area contributed by atoms with Gasteiger partial charge in [-0.1, -0.05) is 41.9 Å². The van der Waals surface area contributed by atoms with Crippen LogP contribution in [-0.4, -0.2) is 5.97 Å². The molecule has 18 heavy (non-hydrogen) atoms. The van der Waals surface area contributed by atoms with Crippen molar-refractivity contribution in [1.82, 2.24) is 0 Å². The van der Waals surface area contributed by atoms with Gasteiger partial charge in [-0.15, -0.1) is 0 Å². The number of cyclic esters (lactones) is 1. The average molecular weight is 260 g/mol. The third-order valence-corrected chi connectivity index (χ3v) is 3.18. The fourth-order valence-electron chi connectivity index (χ4n) is 1.97. The van der Waals surface area contributed by atoms with Gasteiger partial charge in [-0.25, -0.2) is 4.79 Å². The standard InChI is InChI=1S/C14H10ClNO2/c15-11-7-3-4-8-12(11)16-13-9-5-1-2-6-10(9)14(17)18-13/h1-8,13,16H/t13-/m0/s1. The summed E-state index contributed by atoms with van der Waals surface area (Å²) >= 11 is 6.06. The quantitative estimate of drug-likeness (QED) is 0.837. The fraction of sp³-hybridized carbons (Fsp3) is 0.0714. The van der Waals surface area contributed by atoms with Crippen LogP contribution in [0.5, 0.6) is 0 Å². The lowest BCUT2D eigenvalue weighted by Crippen LogP contribution is -2.10. The number of rotatable bonds is 2. The molecule has 1 atom stereocenters. The van der Waals surface area contributed by atoms with E-state index in [0.717, 1.165) is 11.3 Å². The number of benzene rings is 2. The molecule has 1 heterocycles. The summed E-state index contributed by atoms with van der Waals surface area (Å²) in [6, 6.07) is 14.7. The maximum Gasteiger partial charge on any atom is 0.340 e. The van der Waals surface area contributed by atoms with Gasteiger partial charge in [-0.2, -0.15) is 0 Å². The molecule has 0 saturated heterocycles. The second-order valence-electron chi connectivity index (χ2n) is 4.00. The molecule has 0 unspecified atom stereocenters. The minimum absolute atomic E-state index is 0.310. The van der Waals surface area contributed by atoms with E-state index in [4.69, 9.17) is 16.3 Å². The van der Waals surface area contributed by atoms with Crippen LogP contribution in [0.2, 0.25) is 5.02 Å². The number of anilines is 1. The normalized spacial score (nSPS) is 17.2. The van der Waals surface area contributed by atoms with Crippen LogP contribution in [0.1, 0.15) is 22.1 Å². The molecule has 2 aromatic rings. The molecule has 0 aromatic heterocycles. The van der Waals surface area contributed by atoms with Crippen LogP contribution in [0.25, 0.3) is 0 Å². The molecule has 1 aliphatic rings. The van der Waals surface area contributed by atoms with Crippen LogP contribution in [0.15, 0.2) is 48.5 Å². The Kier molecular flexibility index (Phi) is 2.68. The van der Waals surface area contributed by atoms with Crippen molar-refractivity contribution in [1.29, 1.82) is 0 Å². The van der Waals surface area contributed by atoms with E-state index in [9.17, 15) is 4.79 Å². The number of nitrogens with one attached hydrogen (secondary N) is 1. The number of hydrogen-bond acceptors (Lipinski definition) is 3. The first-order valence-electron chi connectivity index (χ1n) is 5.56. The summed E-state index contributed by atoms with van der Waals surface area (Å²) in [5.74, 6) is -0.310. The lowest BCUT2D eigenvalue weighted by Gasteiger charge is -2.15. The number of carbonyl (C=O) groups is 1. The van der Waals surface area contributed by atoms with Gasteiger partial charge in [0.25, 0.3) is 0 Å². The van der Waals surface area contributed by atoms with E-state index in [1.54, 1.807) is 12.1 Å². The third kappa shape index (κ3) is 1.83. The summed E-state index contributed by atoms with van der Waals surface area (Å²) in [6.07, 6.45) is -0.478. The predicted octanol–water partition coefficient (Wildman–Crippen LogP) is 3.62. The predicted molar refractivity (Wildman–Crippen MR) is 69.7 cm³/mol. The molecule has 0 saturated carbocycles. The van der Waals surface area contributed by atoms with E-state index >= 15 is 0 Å². The van der Waals surface area contributed by atoms with E-state index < -0.39 is 6.23 Å². The first-order chi connectivity index (χ1) is 8.75. The van der Waals surface area contributed by atoms with Crippen molar-refractivity contribution in [2.45, 2.75) is 6.23 Å². The number of hydrogen-bond donors (Lipinski definition) is 1. The van der Waals surface area contributed by atoms with Crippen LogP contribution in [0, 0.1) is 0 Å². The molecular formula is C14H10ClNO2. The van der Waals surface area contributed by atoms with Crippen molar-refractivity contribution >= 4 is 23.3 Å². The lowest BCUT2D eigenvalue weighted by molar-refractivity contribution is 0.0437. The topological polar surface area (TPSA) is 38.3 Å². The monoisotopic (exact) mass is 259 g/mol. The number of halogens is 1. The largest absolute Gasteiger partial charge is 0.434 e. The zero-order chi connectivity index (χ0) is 12.5. The first-order valence-corrected chi connectivity index (χ1v) is 5.94. The van der Waals surface area contributed by atoms with E-state index in [-0.39, 0.29) is 5.97 Å². The van der Waals surface area contributed by atoms with Gasteiger partial charge in [0.15, 0.2) is 0 Å². The highest BCUT2D eigenvalue weighted by Gasteiger charge is 2.30. The Morgan fingerprint density at radius 1 is 1.06 bits per heavy atom. The summed E-state index contributed by atoms with van der Waals surface area (Å²) in [7, 11) is 0. The molecule has 0 aliphatic carbocycles. The van der Waals surface area contributed by atoms with Crippen molar-refractivity contribution in [2.75, 3.05) is 5.32 Å². The Labute approximate surface area is 109 Å². The second kappa shape index (κ2) is 4.35. The van der Waals surface area contributed by atoms with Gasteiger partial charge < -0.3 is 10.1 Å². The Morgan fingerprint density at radius 2 is 1.78 bits per heavy atom. The lowest BCUT2D eigenvalue weighted by atomic mass is 10.1. The van der Waals surface area contributed by atoms with E-state index in [2.05, 4.69) is 5.32 Å². The van der Waals surface area contributed by atoms with Gasteiger partial charge in [0.05, 0.1) is 16.3 Å². The summed E-state index contributed by atoms with van der Waals surface area (Å²) in [5.41, 5.74) is 2.18. The van der Waals surface area contributed by atoms with Gasteiger partial charge >= 0.3 is 5.97 Å². The molecule has 1 aliphatic heterocycles. The third-order valence-electron chi connectivity index (χ3n) is 2.85. The Morgan fingerprint density at radius 3 is 2.61 bits per heavy atom. The highest BCUT2D eigenvalue weighted by Crippen LogP contribution is 2.33. The van der Waals surface area contributed by atoms with Crippen LogP contribution in [0.4, 0.5) is 5.69 Å². The Bertz CT molecular complexity index is 612. The van der Waals surface area contributed by atoms with Crippen molar-refractivity contribution in [3.05, 3.63) is 64.7 Å². The maximum atomic E-state index is 11.7. The average Bonchev–Trinajstić information content (AvgIpc) is 2.70. The number of para-hydroxylation sites is 1. The number of carbonyl (C=O) groups excluding carboxylic acids is 1. The fourth-order valence-corrected chi connectivity index (χ4v) is 2.16. The van der Waals surface area contributed by atoms with Crippen LogP contribution >= 0.6 is 11.6 Å². The molecule has 0 amide bonds. The SMILES string of the molecule is O=C1O[C@H](Nc2ccccc2Cl)c2ccccc21.